The highest BCUT2D eigenvalue weighted by molar-refractivity contribution is 5.78. The minimum Gasteiger partial charge on any atom is -0.493 e. The van der Waals surface area contributed by atoms with Gasteiger partial charge in [0.25, 0.3) is 0 Å². The lowest BCUT2D eigenvalue weighted by atomic mass is 10.1. The number of hydrogen-bond acceptors (Lipinski definition) is 4. The van der Waals surface area contributed by atoms with Crippen LogP contribution >= 0.6 is 0 Å². The first-order valence-electron chi connectivity index (χ1n) is 4.92. The largest absolute Gasteiger partial charge is 0.493 e. The molecule has 0 atom stereocenters. The Bertz CT molecular complexity index is 498. The molecule has 0 unspecified atom stereocenters. The van der Waals surface area contributed by atoms with Gasteiger partial charge in [-0.3, -0.25) is 4.68 Å². The third kappa shape index (κ3) is 1.50. The summed E-state index contributed by atoms with van der Waals surface area (Å²) < 4.78 is 7.00. The van der Waals surface area contributed by atoms with Gasteiger partial charge in [-0.15, -0.1) is 0 Å². The molecule has 0 aliphatic heterocycles. The minimum absolute atomic E-state index is 0.488. The van der Waals surface area contributed by atoms with Gasteiger partial charge in [0.2, 0.25) is 0 Å². The van der Waals surface area contributed by atoms with E-state index in [0.29, 0.717) is 11.6 Å². The Morgan fingerprint density at radius 2 is 2.19 bits per heavy atom. The number of nitrogen functional groups attached to an aromatic ring is 1. The molecule has 0 fully saturated rings. The second kappa shape index (κ2) is 3.84. The summed E-state index contributed by atoms with van der Waals surface area (Å²) in [6.45, 7) is 1.99. The first-order valence-corrected chi connectivity index (χ1v) is 4.92. The van der Waals surface area contributed by atoms with Crippen molar-refractivity contribution in [2.75, 3.05) is 12.8 Å². The Morgan fingerprint density at radius 1 is 1.44 bits per heavy atom. The van der Waals surface area contributed by atoms with Gasteiger partial charge in [-0.2, -0.15) is 5.10 Å². The molecule has 0 aliphatic rings. The zero-order valence-electron chi connectivity index (χ0n) is 9.56. The highest BCUT2D eigenvalue weighted by atomic mass is 16.5. The molecule has 5 heteroatoms. The molecule has 2 aromatic heterocycles. The van der Waals surface area contributed by atoms with E-state index in [1.54, 1.807) is 24.2 Å². The quantitative estimate of drug-likeness (QED) is 0.827. The molecule has 0 saturated heterocycles. The van der Waals surface area contributed by atoms with Gasteiger partial charge >= 0.3 is 0 Å². The summed E-state index contributed by atoms with van der Waals surface area (Å²) in [5, 5.41) is 4.15. The number of nitrogens with zero attached hydrogens (tertiary/aromatic N) is 3. The van der Waals surface area contributed by atoms with E-state index in [-0.39, 0.29) is 0 Å². The van der Waals surface area contributed by atoms with Crippen molar-refractivity contribution >= 4 is 5.82 Å². The van der Waals surface area contributed by atoms with Crippen LogP contribution in [-0.4, -0.2) is 21.9 Å². The molecule has 2 N–H and O–H groups in total. The molecule has 0 radical (unpaired) electrons. The molecule has 5 nitrogen and oxygen atoms in total. The Kier molecular flexibility index (Phi) is 2.52. The van der Waals surface area contributed by atoms with Crippen molar-refractivity contribution in [2.45, 2.75) is 6.92 Å². The van der Waals surface area contributed by atoms with Crippen molar-refractivity contribution in [3.63, 3.8) is 0 Å². The van der Waals surface area contributed by atoms with Gasteiger partial charge in [-0.1, -0.05) is 0 Å². The van der Waals surface area contributed by atoms with Crippen molar-refractivity contribution in [3.05, 3.63) is 24.0 Å². The molecule has 2 aromatic rings. The smallest absolute Gasteiger partial charge is 0.164 e. The van der Waals surface area contributed by atoms with Crippen LogP contribution in [0.1, 0.15) is 5.56 Å². The maximum absolute atomic E-state index is 5.90. The van der Waals surface area contributed by atoms with Gasteiger partial charge in [-0.25, -0.2) is 4.98 Å². The van der Waals surface area contributed by atoms with Gasteiger partial charge in [-0.05, 0) is 18.6 Å². The van der Waals surface area contributed by atoms with Crippen LogP contribution in [0.4, 0.5) is 5.82 Å². The normalized spacial score (nSPS) is 10.4. The van der Waals surface area contributed by atoms with E-state index in [4.69, 9.17) is 10.5 Å². The summed E-state index contributed by atoms with van der Waals surface area (Å²) in [5.41, 5.74) is 8.67. The Labute approximate surface area is 93.9 Å². The van der Waals surface area contributed by atoms with E-state index in [0.717, 1.165) is 16.8 Å². The average molecular weight is 218 g/mol. The molecule has 0 spiro atoms. The van der Waals surface area contributed by atoms with E-state index >= 15 is 0 Å². The van der Waals surface area contributed by atoms with Crippen molar-refractivity contribution in [3.8, 4) is 17.0 Å². The van der Waals surface area contributed by atoms with Crippen molar-refractivity contribution in [1.29, 1.82) is 0 Å². The highest BCUT2D eigenvalue weighted by Gasteiger charge is 2.16. The van der Waals surface area contributed by atoms with Crippen molar-refractivity contribution in [2.24, 2.45) is 7.05 Å². The van der Waals surface area contributed by atoms with Gasteiger partial charge in [0.1, 0.15) is 11.5 Å². The number of anilines is 1. The van der Waals surface area contributed by atoms with Crippen LogP contribution in [0.3, 0.4) is 0 Å². The van der Waals surface area contributed by atoms with Crippen molar-refractivity contribution in [1.82, 2.24) is 14.8 Å². The third-order valence-corrected chi connectivity index (χ3v) is 2.55. The van der Waals surface area contributed by atoms with E-state index in [1.807, 2.05) is 20.0 Å². The number of hydrogen-bond donors (Lipinski definition) is 1. The van der Waals surface area contributed by atoms with Gasteiger partial charge in [0, 0.05) is 18.8 Å². The number of rotatable bonds is 2. The van der Waals surface area contributed by atoms with Crippen LogP contribution < -0.4 is 10.5 Å². The monoisotopic (exact) mass is 218 g/mol. The summed E-state index contributed by atoms with van der Waals surface area (Å²) in [5.74, 6) is 1.19. The number of pyridine rings is 1. The van der Waals surface area contributed by atoms with E-state index in [1.165, 1.54) is 0 Å². The van der Waals surface area contributed by atoms with Gasteiger partial charge in [0.15, 0.2) is 5.75 Å². The van der Waals surface area contributed by atoms with Crippen LogP contribution in [0.2, 0.25) is 0 Å². The standard InChI is InChI=1S/C11H14N4O/c1-7-4-5-13-11(12)9(7)10-8(16-3)6-14-15(10)2/h4-6H,1-3H3,(H2,12,13). The molecule has 0 aliphatic carbocycles. The summed E-state index contributed by atoms with van der Waals surface area (Å²) in [4.78, 5) is 4.09. The fraction of sp³-hybridized carbons (Fsp3) is 0.273. The molecule has 2 rings (SSSR count). The Morgan fingerprint density at radius 3 is 2.81 bits per heavy atom. The van der Waals surface area contributed by atoms with Crippen LogP contribution in [-0.2, 0) is 7.05 Å². The summed E-state index contributed by atoms with van der Waals surface area (Å²) in [6.07, 6.45) is 3.36. The number of aryl methyl sites for hydroxylation is 2. The molecule has 16 heavy (non-hydrogen) atoms. The van der Waals surface area contributed by atoms with Gasteiger partial charge in [0.05, 0.1) is 13.3 Å². The number of nitrogens with two attached hydrogens (primary N) is 1. The maximum atomic E-state index is 5.90. The highest BCUT2D eigenvalue weighted by Crippen LogP contribution is 2.34. The number of ether oxygens (including phenoxy) is 1. The molecular formula is C11H14N4O. The topological polar surface area (TPSA) is 66.0 Å². The fourth-order valence-corrected chi connectivity index (χ4v) is 1.74. The molecule has 0 saturated carbocycles. The Balaban J connectivity index is 2.71. The van der Waals surface area contributed by atoms with Crippen molar-refractivity contribution < 1.29 is 4.74 Å². The maximum Gasteiger partial charge on any atom is 0.164 e. The zero-order chi connectivity index (χ0) is 11.7. The molecule has 2 heterocycles. The van der Waals surface area contributed by atoms with Crippen LogP contribution in [0.5, 0.6) is 5.75 Å². The molecule has 0 bridgehead atoms. The van der Waals surface area contributed by atoms with Crippen LogP contribution in [0.25, 0.3) is 11.3 Å². The molecule has 0 amide bonds. The summed E-state index contributed by atoms with van der Waals surface area (Å²) >= 11 is 0. The fourth-order valence-electron chi connectivity index (χ4n) is 1.74. The van der Waals surface area contributed by atoms with E-state index in [9.17, 15) is 0 Å². The van der Waals surface area contributed by atoms with Crippen LogP contribution in [0, 0.1) is 6.92 Å². The molecule has 84 valence electrons. The zero-order valence-corrected chi connectivity index (χ0v) is 9.56. The van der Waals surface area contributed by atoms with Crippen LogP contribution in [0.15, 0.2) is 18.5 Å². The second-order valence-electron chi connectivity index (χ2n) is 3.57. The molecule has 0 aromatic carbocycles. The second-order valence-corrected chi connectivity index (χ2v) is 3.57. The van der Waals surface area contributed by atoms with E-state index in [2.05, 4.69) is 10.1 Å². The molecular weight excluding hydrogens is 204 g/mol. The lowest BCUT2D eigenvalue weighted by molar-refractivity contribution is 0.416. The van der Waals surface area contributed by atoms with E-state index < -0.39 is 0 Å². The first kappa shape index (κ1) is 10.5. The predicted octanol–water partition coefficient (Wildman–Crippen LogP) is 1.38. The average Bonchev–Trinajstić information content (AvgIpc) is 2.60. The number of methoxy groups -OCH3 is 1. The lowest BCUT2D eigenvalue weighted by Crippen LogP contribution is -2.02. The summed E-state index contributed by atoms with van der Waals surface area (Å²) in [6, 6.07) is 1.91. The summed E-state index contributed by atoms with van der Waals surface area (Å²) in [7, 11) is 3.46. The Hall–Kier alpha value is -2.04. The first-order chi connectivity index (χ1) is 7.65. The lowest BCUT2D eigenvalue weighted by Gasteiger charge is -2.10. The minimum atomic E-state index is 0.488. The number of aromatic nitrogens is 3. The predicted molar refractivity (Wildman–Crippen MR) is 62.1 cm³/mol. The SMILES string of the molecule is COc1cnn(C)c1-c1c(C)ccnc1N. The third-order valence-electron chi connectivity index (χ3n) is 2.55. The van der Waals surface area contributed by atoms with Gasteiger partial charge < -0.3 is 10.5 Å².